The first-order chi connectivity index (χ1) is 9.22. The second kappa shape index (κ2) is 4.42. The first-order valence-corrected chi connectivity index (χ1v) is 8.39. The van der Waals surface area contributed by atoms with Gasteiger partial charge in [0, 0.05) is 10.8 Å². The highest BCUT2D eigenvalue weighted by Gasteiger charge is 2.27. The van der Waals surface area contributed by atoms with Crippen molar-refractivity contribution in [2.24, 2.45) is 5.92 Å². The minimum Gasteiger partial charge on any atom is -0.222 e. The molecule has 2 aromatic heterocycles. The van der Waals surface area contributed by atoms with Crippen molar-refractivity contribution in [2.75, 3.05) is 0 Å². The Morgan fingerprint density at radius 2 is 2.11 bits per heavy atom. The van der Waals surface area contributed by atoms with E-state index in [1.165, 1.54) is 42.5 Å². The zero-order chi connectivity index (χ0) is 13.0. The summed E-state index contributed by atoms with van der Waals surface area (Å²) < 4.78 is 0. The maximum Gasteiger partial charge on any atom is 0.141 e. The molecule has 2 nitrogen and oxygen atoms in total. The lowest BCUT2D eigenvalue weighted by atomic mass is 10.1. The van der Waals surface area contributed by atoms with E-state index in [1.54, 1.807) is 0 Å². The molecule has 2 heterocycles. The second-order valence-electron chi connectivity index (χ2n) is 6.03. The van der Waals surface area contributed by atoms with Crippen molar-refractivity contribution < 1.29 is 0 Å². The molecule has 0 amide bonds. The number of aryl methyl sites for hydroxylation is 2. The molecule has 2 aliphatic carbocycles. The van der Waals surface area contributed by atoms with Gasteiger partial charge in [-0.25, -0.2) is 9.97 Å². The second-order valence-corrected chi connectivity index (χ2v) is 7.47. The molecule has 2 unspecified atom stereocenters. The summed E-state index contributed by atoms with van der Waals surface area (Å²) in [5.41, 5.74) is 1.43. The van der Waals surface area contributed by atoms with Gasteiger partial charge in [0.25, 0.3) is 0 Å². The van der Waals surface area contributed by atoms with E-state index >= 15 is 0 Å². The lowest BCUT2D eigenvalue weighted by Gasteiger charge is -2.09. The molecule has 2 atom stereocenters. The van der Waals surface area contributed by atoms with Crippen LogP contribution in [0.5, 0.6) is 0 Å². The molecule has 0 aliphatic heterocycles. The standard InChI is InChI=1S/C15H17ClN2S/c1-8-5-6-9(7-8)14-17-13(16)12-10-3-2-4-11(10)19-15(12)18-14/h8-9H,2-7H2,1H3. The molecule has 0 bridgehead atoms. The molecule has 4 rings (SSSR count). The third-order valence-electron chi connectivity index (χ3n) is 4.60. The number of aromatic nitrogens is 2. The lowest BCUT2D eigenvalue weighted by Crippen LogP contribution is -2.01. The highest BCUT2D eigenvalue weighted by atomic mass is 35.5. The molecule has 2 aliphatic rings. The Bertz CT molecular complexity index is 649. The minimum absolute atomic E-state index is 0.522. The van der Waals surface area contributed by atoms with Crippen LogP contribution >= 0.6 is 22.9 Å². The highest BCUT2D eigenvalue weighted by Crippen LogP contribution is 2.42. The molecule has 4 heteroatoms. The predicted octanol–water partition coefficient (Wildman–Crippen LogP) is 4.74. The summed E-state index contributed by atoms with van der Waals surface area (Å²) in [6, 6.07) is 0. The molecular formula is C15H17ClN2S. The first-order valence-electron chi connectivity index (χ1n) is 7.20. The Morgan fingerprint density at radius 1 is 1.21 bits per heavy atom. The Hall–Kier alpha value is -0.670. The van der Waals surface area contributed by atoms with Gasteiger partial charge in [-0.05, 0) is 50.0 Å². The van der Waals surface area contributed by atoms with Gasteiger partial charge in [0.2, 0.25) is 0 Å². The lowest BCUT2D eigenvalue weighted by molar-refractivity contribution is 0.586. The number of hydrogen-bond donors (Lipinski definition) is 0. The molecule has 0 N–H and O–H groups in total. The van der Waals surface area contributed by atoms with Crippen LogP contribution in [0, 0.1) is 5.92 Å². The molecule has 0 spiro atoms. The van der Waals surface area contributed by atoms with E-state index < -0.39 is 0 Å². The van der Waals surface area contributed by atoms with E-state index in [9.17, 15) is 0 Å². The van der Waals surface area contributed by atoms with Gasteiger partial charge >= 0.3 is 0 Å². The van der Waals surface area contributed by atoms with Gasteiger partial charge in [-0.2, -0.15) is 0 Å². The van der Waals surface area contributed by atoms with Gasteiger partial charge < -0.3 is 0 Å². The summed E-state index contributed by atoms with van der Waals surface area (Å²) in [6.07, 6.45) is 7.33. The van der Waals surface area contributed by atoms with Crippen LogP contribution in [0.3, 0.4) is 0 Å². The van der Waals surface area contributed by atoms with E-state index in [-0.39, 0.29) is 0 Å². The third-order valence-corrected chi connectivity index (χ3v) is 6.06. The molecule has 1 fully saturated rings. The third kappa shape index (κ3) is 1.90. The van der Waals surface area contributed by atoms with Gasteiger partial charge in [-0.15, -0.1) is 11.3 Å². The minimum atomic E-state index is 0.522. The van der Waals surface area contributed by atoms with Gasteiger partial charge in [-0.1, -0.05) is 18.5 Å². The van der Waals surface area contributed by atoms with Crippen LogP contribution in [-0.4, -0.2) is 9.97 Å². The average Bonchev–Trinajstić information content (AvgIpc) is 3.02. The predicted molar refractivity (Wildman–Crippen MR) is 80.2 cm³/mol. The largest absolute Gasteiger partial charge is 0.222 e. The van der Waals surface area contributed by atoms with Crippen LogP contribution in [0.2, 0.25) is 5.15 Å². The molecule has 19 heavy (non-hydrogen) atoms. The SMILES string of the molecule is CC1CCC(c2nc(Cl)c3c4c(sc3n2)CCC4)C1. The van der Waals surface area contributed by atoms with Crippen LogP contribution in [-0.2, 0) is 12.8 Å². The van der Waals surface area contributed by atoms with Crippen molar-refractivity contribution in [1.29, 1.82) is 0 Å². The van der Waals surface area contributed by atoms with E-state index in [1.807, 2.05) is 11.3 Å². The quantitative estimate of drug-likeness (QED) is 0.710. The van der Waals surface area contributed by atoms with Crippen LogP contribution < -0.4 is 0 Å². The van der Waals surface area contributed by atoms with Gasteiger partial charge in [0.15, 0.2) is 0 Å². The molecule has 2 aromatic rings. The molecule has 0 aromatic carbocycles. The summed E-state index contributed by atoms with van der Waals surface area (Å²) >= 11 is 8.30. The van der Waals surface area contributed by atoms with Gasteiger partial charge in [0.1, 0.15) is 15.8 Å². The van der Waals surface area contributed by atoms with E-state index in [2.05, 4.69) is 11.9 Å². The number of halogens is 1. The number of hydrogen-bond acceptors (Lipinski definition) is 3. The number of fused-ring (bicyclic) bond motifs is 3. The molecular weight excluding hydrogens is 276 g/mol. The maximum atomic E-state index is 6.46. The summed E-state index contributed by atoms with van der Waals surface area (Å²) in [5, 5.41) is 1.84. The summed E-state index contributed by atoms with van der Waals surface area (Å²) in [7, 11) is 0. The fraction of sp³-hybridized carbons (Fsp3) is 0.600. The maximum absolute atomic E-state index is 6.46. The van der Waals surface area contributed by atoms with Crippen molar-refractivity contribution in [3.05, 3.63) is 21.4 Å². The fourth-order valence-corrected chi connectivity index (χ4v) is 5.21. The highest BCUT2D eigenvalue weighted by molar-refractivity contribution is 7.19. The van der Waals surface area contributed by atoms with E-state index in [4.69, 9.17) is 16.6 Å². The molecule has 0 saturated heterocycles. The van der Waals surface area contributed by atoms with Crippen molar-refractivity contribution in [3.8, 4) is 0 Å². The molecule has 100 valence electrons. The van der Waals surface area contributed by atoms with Crippen LogP contribution in [0.1, 0.15) is 54.8 Å². The number of thiophene rings is 1. The van der Waals surface area contributed by atoms with Crippen molar-refractivity contribution in [3.63, 3.8) is 0 Å². The van der Waals surface area contributed by atoms with E-state index in [0.717, 1.165) is 28.4 Å². The zero-order valence-electron chi connectivity index (χ0n) is 11.1. The number of rotatable bonds is 1. The van der Waals surface area contributed by atoms with Gasteiger partial charge in [-0.3, -0.25) is 0 Å². The topological polar surface area (TPSA) is 25.8 Å². The van der Waals surface area contributed by atoms with Crippen molar-refractivity contribution >= 4 is 33.2 Å². The normalized spacial score (nSPS) is 26.2. The van der Waals surface area contributed by atoms with Crippen LogP contribution in [0.4, 0.5) is 0 Å². The van der Waals surface area contributed by atoms with E-state index in [0.29, 0.717) is 11.1 Å². The Kier molecular flexibility index (Phi) is 2.82. The molecule has 0 radical (unpaired) electrons. The number of nitrogens with zero attached hydrogens (tertiary/aromatic N) is 2. The van der Waals surface area contributed by atoms with Crippen molar-refractivity contribution in [2.45, 2.75) is 51.4 Å². The first kappa shape index (κ1) is 12.1. The zero-order valence-corrected chi connectivity index (χ0v) is 12.7. The smallest absolute Gasteiger partial charge is 0.141 e. The summed E-state index contributed by atoms with van der Waals surface area (Å²) in [4.78, 5) is 12.1. The average molecular weight is 293 g/mol. The summed E-state index contributed by atoms with van der Waals surface area (Å²) in [5.74, 6) is 2.31. The molecule has 1 saturated carbocycles. The van der Waals surface area contributed by atoms with Crippen molar-refractivity contribution in [1.82, 2.24) is 9.97 Å². The van der Waals surface area contributed by atoms with Crippen LogP contribution in [0.15, 0.2) is 0 Å². The van der Waals surface area contributed by atoms with Crippen LogP contribution in [0.25, 0.3) is 10.2 Å². The fourth-order valence-electron chi connectivity index (χ4n) is 3.59. The Balaban J connectivity index is 1.83. The van der Waals surface area contributed by atoms with Gasteiger partial charge in [0.05, 0.1) is 5.39 Å². The summed E-state index contributed by atoms with van der Waals surface area (Å²) in [6.45, 7) is 2.32. The monoisotopic (exact) mass is 292 g/mol. The Labute approximate surface area is 122 Å². The Morgan fingerprint density at radius 3 is 2.89 bits per heavy atom.